The SMILES string of the molecule is CNc1ncc(Br)nc1Cl. The Balaban J connectivity index is 3.07. The third-order valence-corrected chi connectivity index (χ3v) is 1.58. The maximum absolute atomic E-state index is 5.66. The average molecular weight is 222 g/mol. The van der Waals surface area contributed by atoms with Crippen molar-refractivity contribution in [3.8, 4) is 0 Å². The predicted molar refractivity (Wildman–Crippen MR) is 44.3 cm³/mol. The average Bonchev–Trinajstić information content (AvgIpc) is 1.88. The van der Waals surface area contributed by atoms with Crippen LogP contribution in [0.2, 0.25) is 5.15 Å². The van der Waals surface area contributed by atoms with Gasteiger partial charge < -0.3 is 5.32 Å². The highest BCUT2D eigenvalue weighted by molar-refractivity contribution is 9.10. The molecule has 0 saturated carbocycles. The van der Waals surface area contributed by atoms with Gasteiger partial charge in [0.1, 0.15) is 4.60 Å². The zero-order chi connectivity index (χ0) is 7.56. The minimum Gasteiger partial charge on any atom is -0.371 e. The summed E-state index contributed by atoms with van der Waals surface area (Å²) in [5.41, 5.74) is 0. The number of hydrogen-bond acceptors (Lipinski definition) is 3. The first-order valence-corrected chi connectivity index (χ1v) is 3.77. The van der Waals surface area contributed by atoms with Gasteiger partial charge in [-0.2, -0.15) is 0 Å². The van der Waals surface area contributed by atoms with Crippen molar-refractivity contribution in [2.75, 3.05) is 12.4 Å². The van der Waals surface area contributed by atoms with Gasteiger partial charge >= 0.3 is 0 Å². The predicted octanol–water partition coefficient (Wildman–Crippen LogP) is 1.93. The number of rotatable bonds is 1. The van der Waals surface area contributed by atoms with E-state index in [0.717, 1.165) is 0 Å². The van der Waals surface area contributed by atoms with Crippen LogP contribution in [0.15, 0.2) is 10.8 Å². The Morgan fingerprint density at radius 1 is 1.70 bits per heavy atom. The summed E-state index contributed by atoms with van der Waals surface area (Å²) < 4.78 is 0.636. The molecule has 0 aliphatic carbocycles. The lowest BCUT2D eigenvalue weighted by Gasteiger charge is -1.99. The summed E-state index contributed by atoms with van der Waals surface area (Å²) in [6.45, 7) is 0. The van der Waals surface area contributed by atoms with Crippen molar-refractivity contribution in [3.05, 3.63) is 16.0 Å². The fourth-order valence-electron chi connectivity index (χ4n) is 0.514. The molecule has 0 spiro atoms. The van der Waals surface area contributed by atoms with Crippen LogP contribution < -0.4 is 5.32 Å². The molecular formula is C5H5BrClN3. The second-order valence-electron chi connectivity index (χ2n) is 1.58. The van der Waals surface area contributed by atoms with E-state index in [2.05, 4.69) is 31.2 Å². The standard InChI is InChI=1S/C5H5BrClN3/c1-8-5-4(7)10-3(6)2-9-5/h2H,1H3,(H,8,9). The molecule has 0 aliphatic heterocycles. The Bertz CT molecular complexity index is 240. The van der Waals surface area contributed by atoms with Crippen molar-refractivity contribution in [3.63, 3.8) is 0 Å². The Morgan fingerprint density at radius 2 is 2.40 bits per heavy atom. The minimum absolute atomic E-state index is 0.372. The number of nitrogens with zero attached hydrogens (tertiary/aromatic N) is 2. The van der Waals surface area contributed by atoms with E-state index in [1.54, 1.807) is 13.2 Å². The fourth-order valence-corrected chi connectivity index (χ4v) is 1.13. The van der Waals surface area contributed by atoms with E-state index in [4.69, 9.17) is 11.6 Å². The topological polar surface area (TPSA) is 37.8 Å². The monoisotopic (exact) mass is 221 g/mol. The maximum Gasteiger partial charge on any atom is 0.172 e. The van der Waals surface area contributed by atoms with Crippen LogP contribution >= 0.6 is 27.5 Å². The number of nitrogens with one attached hydrogen (secondary N) is 1. The highest BCUT2D eigenvalue weighted by Gasteiger charge is 1.99. The van der Waals surface area contributed by atoms with Crippen molar-refractivity contribution < 1.29 is 0 Å². The molecule has 0 atom stereocenters. The first-order chi connectivity index (χ1) is 4.74. The zero-order valence-electron chi connectivity index (χ0n) is 5.23. The molecule has 0 aliphatic rings. The van der Waals surface area contributed by atoms with Crippen LogP contribution in [0.1, 0.15) is 0 Å². The fraction of sp³-hybridized carbons (Fsp3) is 0.200. The van der Waals surface area contributed by atoms with Gasteiger partial charge in [-0.05, 0) is 15.9 Å². The summed E-state index contributed by atoms with van der Waals surface area (Å²) in [7, 11) is 1.74. The Hall–Kier alpha value is -0.350. The molecule has 3 nitrogen and oxygen atoms in total. The van der Waals surface area contributed by atoms with Gasteiger partial charge in [-0.15, -0.1) is 0 Å². The van der Waals surface area contributed by atoms with E-state index < -0.39 is 0 Å². The summed E-state index contributed by atoms with van der Waals surface area (Å²) in [6.07, 6.45) is 1.58. The van der Waals surface area contributed by atoms with E-state index in [0.29, 0.717) is 15.6 Å². The van der Waals surface area contributed by atoms with Gasteiger partial charge in [0.2, 0.25) is 0 Å². The number of aromatic nitrogens is 2. The number of hydrogen-bond donors (Lipinski definition) is 1. The summed E-state index contributed by atoms with van der Waals surface area (Å²) in [6, 6.07) is 0. The van der Waals surface area contributed by atoms with Gasteiger partial charge in [0.05, 0.1) is 6.20 Å². The van der Waals surface area contributed by atoms with Crippen molar-refractivity contribution in [1.82, 2.24) is 9.97 Å². The van der Waals surface area contributed by atoms with Crippen molar-refractivity contribution in [2.45, 2.75) is 0 Å². The molecule has 0 fully saturated rings. The summed E-state index contributed by atoms with van der Waals surface area (Å²) in [5, 5.41) is 3.17. The molecule has 1 heterocycles. The van der Waals surface area contributed by atoms with Gasteiger partial charge in [-0.1, -0.05) is 11.6 Å². The second kappa shape index (κ2) is 3.16. The molecule has 0 unspecified atom stereocenters. The quantitative estimate of drug-likeness (QED) is 0.789. The van der Waals surface area contributed by atoms with Crippen molar-refractivity contribution >= 4 is 33.3 Å². The van der Waals surface area contributed by atoms with Crippen molar-refractivity contribution in [2.24, 2.45) is 0 Å². The Kier molecular flexibility index (Phi) is 2.45. The first-order valence-electron chi connectivity index (χ1n) is 2.60. The third kappa shape index (κ3) is 1.58. The Morgan fingerprint density at radius 3 is 2.90 bits per heavy atom. The molecular weight excluding hydrogens is 217 g/mol. The molecule has 0 amide bonds. The van der Waals surface area contributed by atoms with Crippen molar-refractivity contribution in [1.29, 1.82) is 0 Å². The lowest BCUT2D eigenvalue weighted by molar-refractivity contribution is 1.15. The summed E-state index contributed by atoms with van der Waals surface area (Å²) in [4.78, 5) is 7.85. The molecule has 5 heteroatoms. The maximum atomic E-state index is 5.66. The zero-order valence-corrected chi connectivity index (χ0v) is 7.57. The highest BCUT2D eigenvalue weighted by atomic mass is 79.9. The van der Waals surface area contributed by atoms with E-state index in [1.807, 2.05) is 0 Å². The lowest BCUT2D eigenvalue weighted by atomic mass is 10.7. The molecule has 0 bridgehead atoms. The van der Waals surface area contributed by atoms with Crippen LogP contribution in [-0.4, -0.2) is 17.0 Å². The van der Waals surface area contributed by atoms with Crippen LogP contribution in [0.25, 0.3) is 0 Å². The van der Waals surface area contributed by atoms with E-state index in [-0.39, 0.29) is 0 Å². The molecule has 0 radical (unpaired) electrons. The molecule has 1 rings (SSSR count). The van der Waals surface area contributed by atoms with Crippen LogP contribution in [0.4, 0.5) is 5.82 Å². The number of anilines is 1. The van der Waals surface area contributed by atoms with Gasteiger partial charge in [0, 0.05) is 7.05 Å². The second-order valence-corrected chi connectivity index (χ2v) is 2.75. The minimum atomic E-state index is 0.372. The van der Waals surface area contributed by atoms with Crippen LogP contribution in [-0.2, 0) is 0 Å². The molecule has 1 N–H and O–H groups in total. The smallest absolute Gasteiger partial charge is 0.172 e. The third-order valence-electron chi connectivity index (χ3n) is 0.937. The normalized spacial score (nSPS) is 9.50. The van der Waals surface area contributed by atoms with Crippen LogP contribution in [0.3, 0.4) is 0 Å². The van der Waals surface area contributed by atoms with Crippen LogP contribution in [0.5, 0.6) is 0 Å². The van der Waals surface area contributed by atoms with E-state index >= 15 is 0 Å². The van der Waals surface area contributed by atoms with Gasteiger partial charge in [0.25, 0.3) is 0 Å². The summed E-state index contributed by atoms with van der Waals surface area (Å²) >= 11 is 8.80. The number of halogens is 2. The van der Waals surface area contributed by atoms with E-state index in [1.165, 1.54) is 0 Å². The molecule has 10 heavy (non-hydrogen) atoms. The van der Waals surface area contributed by atoms with Gasteiger partial charge in [-0.3, -0.25) is 0 Å². The first kappa shape index (κ1) is 7.75. The molecule has 1 aromatic heterocycles. The molecule has 1 aromatic rings. The Labute approximate surface area is 72.0 Å². The summed E-state index contributed by atoms with van der Waals surface area (Å²) in [5.74, 6) is 0.588. The molecule has 0 saturated heterocycles. The largest absolute Gasteiger partial charge is 0.371 e. The molecule has 54 valence electrons. The highest BCUT2D eigenvalue weighted by Crippen LogP contribution is 2.17. The van der Waals surface area contributed by atoms with Gasteiger partial charge in [-0.25, -0.2) is 9.97 Å². The molecule has 0 aromatic carbocycles. The van der Waals surface area contributed by atoms with E-state index in [9.17, 15) is 0 Å². The van der Waals surface area contributed by atoms with Gasteiger partial charge in [0.15, 0.2) is 11.0 Å². The lowest BCUT2D eigenvalue weighted by Crippen LogP contribution is -1.94. The van der Waals surface area contributed by atoms with Crippen LogP contribution in [0, 0.1) is 0 Å².